The van der Waals surface area contributed by atoms with E-state index in [9.17, 15) is 4.79 Å². The molecule has 4 heteroatoms. The lowest BCUT2D eigenvalue weighted by molar-refractivity contribution is 0.0785. The van der Waals surface area contributed by atoms with Crippen molar-refractivity contribution in [1.29, 1.82) is 5.26 Å². The first-order valence-electron chi connectivity index (χ1n) is 5.05. The standard InChI is InChI=1S/C12H15N3O/c1-9(7-13)8-15(2)12(16)10-4-3-5-11(14)6-10/h3-6,9H,8,14H2,1-2H3. The lowest BCUT2D eigenvalue weighted by Gasteiger charge is -2.18. The molecule has 0 heterocycles. The van der Waals surface area contributed by atoms with Crippen molar-refractivity contribution in [2.75, 3.05) is 19.3 Å². The van der Waals surface area contributed by atoms with Crippen LogP contribution in [-0.4, -0.2) is 24.4 Å². The molecule has 4 nitrogen and oxygen atoms in total. The summed E-state index contributed by atoms with van der Waals surface area (Å²) in [5, 5.41) is 8.67. The number of nitriles is 1. The molecule has 0 radical (unpaired) electrons. The number of nitrogens with two attached hydrogens (primary N) is 1. The summed E-state index contributed by atoms with van der Waals surface area (Å²) >= 11 is 0. The number of amides is 1. The number of nitrogens with zero attached hydrogens (tertiary/aromatic N) is 2. The zero-order chi connectivity index (χ0) is 12.1. The van der Waals surface area contributed by atoms with E-state index >= 15 is 0 Å². The molecule has 2 N–H and O–H groups in total. The third-order valence-corrected chi connectivity index (χ3v) is 2.25. The van der Waals surface area contributed by atoms with Crippen LogP contribution in [-0.2, 0) is 0 Å². The average molecular weight is 217 g/mol. The Labute approximate surface area is 95.3 Å². The second kappa shape index (κ2) is 5.17. The quantitative estimate of drug-likeness (QED) is 0.780. The molecule has 1 amide bonds. The fraction of sp³-hybridized carbons (Fsp3) is 0.333. The first kappa shape index (κ1) is 12.1. The normalized spacial score (nSPS) is 11.6. The zero-order valence-corrected chi connectivity index (χ0v) is 9.47. The van der Waals surface area contributed by atoms with Crippen LogP contribution in [0.1, 0.15) is 17.3 Å². The largest absolute Gasteiger partial charge is 0.399 e. The van der Waals surface area contributed by atoms with Crippen LogP contribution >= 0.6 is 0 Å². The summed E-state index contributed by atoms with van der Waals surface area (Å²) in [6, 6.07) is 8.92. The summed E-state index contributed by atoms with van der Waals surface area (Å²) in [4.78, 5) is 13.4. The monoisotopic (exact) mass is 217 g/mol. The fourth-order valence-corrected chi connectivity index (χ4v) is 1.43. The van der Waals surface area contributed by atoms with E-state index in [2.05, 4.69) is 6.07 Å². The van der Waals surface area contributed by atoms with Crippen molar-refractivity contribution < 1.29 is 4.79 Å². The second-order valence-corrected chi connectivity index (χ2v) is 3.84. The maximum absolute atomic E-state index is 11.9. The number of anilines is 1. The van der Waals surface area contributed by atoms with Gasteiger partial charge in [0.25, 0.3) is 5.91 Å². The molecule has 0 aromatic heterocycles. The Balaban J connectivity index is 2.75. The van der Waals surface area contributed by atoms with Gasteiger partial charge in [0.05, 0.1) is 12.0 Å². The van der Waals surface area contributed by atoms with Gasteiger partial charge in [-0.2, -0.15) is 5.26 Å². The van der Waals surface area contributed by atoms with Gasteiger partial charge in [0, 0.05) is 24.8 Å². The van der Waals surface area contributed by atoms with Crippen molar-refractivity contribution in [2.24, 2.45) is 5.92 Å². The van der Waals surface area contributed by atoms with Crippen molar-refractivity contribution in [3.05, 3.63) is 29.8 Å². The van der Waals surface area contributed by atoms with Gasteiger partial charge in [0.1, 0.15) is 0 Å². The summed E-state index contributed by atoms with van der Waals surface area (Å²) in [6.45, 7) is 2.20. The highest BCUT2D eigenvalue weighted by molar-refractivity contribution is 5.94. The Morgan fingerprint density at radius 2 is 2.31 bits per heavy atom. The predicted molar refractivity (Wildman–Crippen MR) is 62.6 cm³/mol. The second-order valence-electron chi connectivity index (χ2n) is 3.84. The number of rotatable bonds is 3. The summed E-state index contributed by atoms with van der Waals surface area (Å²) < 4.78 is 0. The van der Waals surface area contributed by atoms with Crippen molar-refractivity contribution >= 4 is 11.6 Å². The molecule has 0 saturated carbocycles. The molecule has 0 fully saturated rings. The Morgan fingerprint density at radius 3 is 2.88 bits per heavy atom. The molecule has 0 spiro atoms. The fourth-order valence-electron chi connectivity index (χ4n) is 1.43. The Hall–Kier alpha value is -2.02. The Kier molecular flexibility index (Phi) is 3.90. The van der Waals surface area contributed by atoms with E-state index in [-0.39, 0.29) is 11.8 Å². The van der Waals surface area contributed by atoms with Gasteiger partial charge < -0.3 is 10.6 Å². The molecular weight excluding hydrogens is 202 g/mol. The van der Waals surface area contributed by atoms with E-state index in [0.717, 1.165) is 0 Å². The van der Waals surface area contributed by atoms with Gasteiger partial charge in [0.2, 0.25) is 0 Å². The lowest BCUT2D eigenvalue weighted by Crippen LogP contribution is -2.30. The molecule has 0 saturated heterocycles. The minimum atomic E-state index is -0.171. The number of hydrogen-bond donors (Lipinski definition) is 1. The number of nitrogen functional groups attached to an aromatic ring is 1. The van der Waals surface area contributed by atoms with Crippen molar-refractivity contribution in [3.63, 3.8) is 0 Å². The zero-order valence-electron chi connectivity index (χ0n) is 9.47. The smallest absolute Gasteiger partial charge is 0.253 e. The van der Waals surface area contributed by atoms with Crippen LogP contribution in [0.25, 0.3) is 0 Å². The van der Waals surface area contributed by atoms with Gasteiger partial charge in [-0.1, -0.05) is 6.07 Å². The van der Waals surface area contributed by atoms with E-state index < -0.39 is 0 Å². The van der Waals surface area contributed by atoms with Crippen LogP contribution in [0.5, 0.6) is 0 Å². The van der Waals surface area contributed by atoms with E-state index in [1.807, 2.05) is 0 Å². The van der Waals surface area contributed by atoms with Gasteiger partial charge in [0.15, 0.2) is 0 Å². The highest BCUT2D eigenvalue weighted by atomic mass is 16.2. The molecule has 0 bridgehead atoms. The molecule has 1 aromatic carbocycles. The van der Waals surface area contributed by atoms with Gasteiger partial charge in [-0.15, -0.1) is 0 Å². The molecule has 1 aromatic rings. The minimum absolute atomic E-state index is 0.116. The molecule has 1 unspecified atom stereocenters. The topological polar surface area (TPSA) is 70.1 Å². The van der Waals surface area contributed by atoms with Crippen molar-refractivity contribution in [2.45, 2.75) is 6.92 Å². The molecule has 0 aliphatic carbocycles. The van der Waals surface area contributed by atoms with E-state index in [1.54, 1.807) is 38.2 Å². The van der Waals surface area contributed by atoms with Gasteiger partial charge in [-0.3, -0.25) is 4.79 Å². The van der Waals surface area contributed by atoms with E-state index in [1.165, 1.54) is 4.90 Å². The number of benzene rings is 1. The number of carbonyl (C=O) groups is 1. The van der Waals surface area contributed by atoms with Crippen LogP contribution in [0.2, 0.25) is 0 Å². The summed E-state index contributed by atoms with van der Waals surface area (Å²) in [5.74, 6) is -0.288. The highest BCUT2D eigenvalue weighted by Crippen LogP contribution is 2.09. The third-order valence-electron chi connectivity index (χ3n) is 2.25. The average Bonchev–Trinajstić information content (AvgIpc) is 2.27. The van der Waals surface area contributed by atoms with Crippen LogP contribution in [0.15, 0.2) is 24.3 Å². The van der Waals surface area contributed by atoms with E-state index in [0.29, 0.717) is 17.8 Å². The summed E-state index contributed by atoms with van der Waals surface area (Å²) in [6.07, 6.45) is 0. The van der Waals surface area contributed by atoms with Crippen LogP contribution in [0.4, 0.5) is 5.69 Å². The maximum Gasteiger partial charge on any atom is 0.253 e. The number of hydrogen-bond acceptors (Lipinski definition) is 3. The lowest BCUT2D eigenvalue weighted by atomic mass is 10.1. The first-order chi connectivity index (χ1) is 7.54. The molecule has 1 atom stereocenters. The molecular formula is C12H15N3O. The van der Waals surface area contributed by atoms with Crippen LogP contribution in [0, 0.1) is 17.2 Å². The summed E-state index contributed by atoms with van der Waals surface area (Å²) in [5.41, 5.74) is 6.71. The van der Waals surface area contributed by atoms with Gasteiger partial charge >= 0.3 is 0 Å². The first-order valence-corrected chi connectivity index (χ1v) is 5.05. The number of carbonyl (C=O) groups excluding carboxylic acids is 1. The van der Waals surface area contributed by atoms with Gasteiger partial charge in [-0.05, 0) is 25.1 Å². The van der Waals surface area contributed by atoms with Crippen molar-refractivity contribution in [3.8, 4) is 6.07 Å². The van der Waals surface area contributed by atoms with Crippen LogP contribution < -0.4 is 5.73 Å². The van der Waals surface area contributed by atoms with Crippen LogP contribution in [0.3, 0.4) is 0 Å². The molecule has 0 aliphatic rings. The van der Waals surface area contributed by atoms with Crippen molar-refractivity contribution in [1.82, 2.24) is 4.90 Å². The molecule has 1 rings (SSSR count). The molecule has 16 heavy (non-hydrogen) atoms. The predicted octanol–water partition coefficient (Wildman–Crippen LogP) is 1.50. The minimum Gasteiger partial charge on any atom is -0.399 e. The summed E-state index contributed by atoms with van der Waals surface area (Å²) in [7, 11) is 1.68. The van der Waals surface area contributed by atoms with E-state index in [4.69, 9.17) is 11.0 Å². The van der Waals surface area contributed by atoms with Gasteiger partial charge in [-0.25, -0.2) is 0 Å². The Morgan fingerprint density at radius 1 is 1.62 bits per heavy atom. The Bertz CT molecular complexity index is 423. The third kappa shape index (κ3) is 2.99. The molecule has 0 aliphatic heterocycles. The maximum atomic E-state index is 11.9. The molecule has 84 valence electrons. The SMILES string of the molecule is CC(C#N)CN(C)C(=O)c1cccc(N)c1. The highest BCUT2D eigenvalue weighted by Gasteiger charge is 2.13.